The Labute approximate surface area is 185 Å². The van der Waals surface area contributed by atoms with Crippen LogP contribution in [0, 0.1) is 0 Å². The van der Waals surface area contributed by atoms with E-state index in [1.165, 1.54) is 11.9 Å². The lowest BCUT2D eigenvalue weighted by Gasteiger charge is -2.10. The summed E-state index contributed by atoms with van der Waals surface area (Å²) in [6.07, 6.45) is 4.41. The van der Waals surface area contributed by atoms with E-state index in [-0.39, 0.29) is 6.03 Å². The summed E-state index contributed by atoms with van der Waals surface area (Å²) in [6, 6.07) is 17.3. The minimum absolute atomic E-state index is 0.271. The summed E-state index contributed by atoms with van der Waals surface area (Å²) in [6.45, 7) is 4.23. The highest BCUT2D eigenvalue weighted by Crippen LogP contribution is 2.29. The SMILES string of the molecule is CCCc1cc(Sc2ccc(NC(=O)Nc3ccc(CC)cc3)cc2)n2ncnc2n1. The molecule has 7 nitrogen and oxygen atoms in total. The Kier molecular flexibility index (Phi) is 6.47. The van der Waals surface area contributed by atoms with Crippen molar-refractivity contribution in [3.8, 4) is 0 Å². The van der Waals surface area contributed by atoms with Crippen LogP contribution in [0.2, 0.25) is 0 Å². The largest absolute Gasteiger partial charge is 0.323 e. The lowest BCUT2D eigenvalue weighted by atomic mass is 10.1. The van der Waals surface area contributed by atoms with E-state index in [0.717, 1.165) is 46.3 Å². The second-order valence-electron chi connectivity index (χ2n) is 7.06. The second kappa shape index (κ2) is 9.61. The maximum absolute atomic E-state index is 12.3. The molecule has 2 N–H and O–H groups in total. The fourth-order valence-corrected chi connectivity index (χ4v) is 4.06. The van der Waals surface area contributed by atoms with Crippen LogP contribution < -0.4 is 10.6 Å². The number of hydrogen-bond donors (Lipinski definition) is 2. The molecule has 4 rings (SSSR count). The Hall–Kier alpha value is -3.39. The lowest BCUT2D eigenvalue weighted by molar-refractivity contribution is 0.262. The Bertz CT molecular complexity index is 1170. The molecule has 0 unspecified atom stereocenters. The van der Waals surface area contributed by atoms with E-state index in [0.29, 0.717) is 5.78 Å². The van der Waals surface area contributed by atoms with Gasteiger partial charge in [0.2, 0.25) is 0 Å². The first-order valence-corrected chi connectivity index (χ1v) is 11.1. The molecule has 158 valence electrons. The lowest BCUT2D eigenvalue weighted by Crippen LogP contribution is -2.19. The van der Waals surface area contributed by atoms with Gasteiger partial charge < -0.3 is 10.6 Å². The van der Waals surface area contributed by atoms with Gasteiger partial charge in [0.05, 0.1) is 0 Å². The average Bonchev–Trinajstić information content (AvgIpc) is 3.25. The van der Waals surface area contributed by atoms with Gasteiger partial charge in [0, 0.05) is 22.0 Å². The van der Waals surface area contributed by atoms with Crippen molar-refractivity contribution in [3.05, 3.63) is 72.2 Å². The summed E-state index contributed by atoms with van der Waals surface area (Å²) < 4.78 is 1.74. The van der Waals surface area contributed by atoms with Crippen LogP contribution in [0.5, 0.6) is 0 Å². The van der Waals surface area contributed by atoms with Gasteiger partial charge in [0.15, 0.2) is 0 Å². The number of nitrogens with zero attached hydrogens (tertiary/aromatic N) is 4. The Morgan fingerprint density at radius 3 is 2.32 bits per heavy atom. The minimum atomic E-state index is -0.271. The van der Waals surface area contributed by atoms with Gasteiger partial charge in [-0.3, -0.25) is 0 Å². The molecule has 31 heavy (non-hydrogen) atoms. The quantitative estimate of drug-likeness (QED) is 0.380. The summed E-state index contributed by atoms with van der Waals surface area (Å²) in [4.78, 5) is 22.1. The van der Waals surface area contributed by atoms with Crippen LogP contribution in [0.4, 0.5) is 16.2 Å². The molecule has 0 atom stereocenters. The molecule has 0 radical (unpaired) electrons. The van der Waals surface area contributed by atoms with Crippen molar-refractivity contribution in [1.29, 1.82) is 0 Å². The van der Waals surface area contributed by atoms with Crippen molar-refractivity contribution in [2.24, 2.45) is 0 Å². The first-order valence-electron chi connectivity index (χ1n) is 10.3. The van der Waals surface area contributed by atoms with Crippen molar-refractivity contribution >= 4 is 34.9 Å². The summed E-state index contributed by atoms with van der Waals surface area (Å²) in [5, 5.41) is 11.0. The number of amides is 2. The zero-order valence-corrected chi connectivity index (χ0v) is 18.3. The fourth-order valence-electron chi connectivity index (χ4n) is 3.13. The van der Waals surface area contributed by atoms with Gasteiger partial charge in [0.25, 0.3) is 5.78 Å². The first-order chi connectivity index (χ1) is 15.1. The second-order valence-corrected chi connectivity index (χ2v) is 8.16. The normalized spacial score (nSPS) is 10.9. The van der Waals surface area contributed by atoms with Gasteiger partial charge in [0.1, 0.15) is 11.4 Å². The molecule has 0 aliphatic rings. The zero-order chi connectivity index (χ0) is 21.6. The molecule has 4 aromatic rings. The van der Waals surface area contributed by atoms with Crippen molar-refractivity contribution < 1.29 is 4.79 Å². The standard InChI is InChI=1S/C23H24N6OS/c1-3-5-19-14-21(29-22(26-19)24-15-25-29)31-20-12-10-18(11-13-20)28-23(30)27-17-8-6-16(4-2)7-9-17/h6-15H,3-5H2,1-2H3,(H2,27,28,30). The molecule has 0 bridgehead atoms. The van der Waals surface area contributed by atoms with Crippen LogP contribution in [0.3, 0.4) is 0 Å². The van der Waals surface area contributed by atoms with E-state index < -0.39 is 0 Å². The van der Waals surface area contributed by atoms with Crippen LogP contribution in [0.15, 0.2) is 70.8 Å². The van der Waals surface area contributed by atoms with Crippen LogP contribution in [-0.2, 0) is 12.8 Å². The highest BCUT2D eigenvalue weighted by Gasteiger charge is 2.10. The van der Waals surface area contributed by atoms with Crippen molar-refractivity contribution in [3.63, 3.8) is 0 Å². The number of carbonyl (C=O) groups is 1. The number of benzene rings is 2. The van der Waals surface area contributed by atoms with Gasteiger partial charge in [-0.2, -0.15) is 14.6 Å². The number of aryl methyl sites for hydroxylation is 2. The summed E-state index contributed by atoms with van der Waals surface area (Å²) in [5.41, 5.74) is 3.73. The van der Waals surface area contributed by atoms with Crippen LogP contribution in [-0.4, -0.2) is 25.6 Å². The number of nitrogens with one attached hydrogen (secondary N) is 2. The Morgan fingerprint density at radius 2 is 1.68 bits per heavy atom. The topological polar surface area (TPSA) is 84.2 Å². The molecular weight excluding hydrogens is 408 g/mol. The molecule has 0 aliphatic heterocycles. The molecule has 2 heterocycles. The maximum Gasteiger partial charge on any atom is 0.323 e. The number of urea groups is 1. The van der Waals surface area contributed by atoms with Crippen molar-refractivity contribution in [1.82, 2.24) is 19.6 Å². The van der Waals surface area contributed by atoms with Crippen LogP contribution in [0.1, 0.15) is 31.5 Å². The minimum Gasteiger partial charge on any atom is -0.308 e. The molecule has 0 spiro atoms. The van der Waals surface area contributed by atoms with E-state index in [9.17, 15) is 4.79 Å². The summed E-state index contributed by atoms with van der Waals surface area (Å²) in [5.74, 6) is 0.607. The fraction of sp³-hybridized carbons (Fsp3) is 0.217. The van der Waals surface area contributed by atoms with Gasteiger partial charge in [-0.25, -0.2) is 9.78 Å². The molecule has 0 aliphatic carbocycles. The number of rotatable bonds is 7. The van der Waals surface area contributed by atoms with Gasteiger partial charge in [-0.05, 0) is 60.9 Å². The number of anilines is 2. The Morgan fingerprint density at radius 1 is 1.00 bits per heavy atom. The van der Waals surface area contributed by atoms with E-state index in [1.807, 2.05) is 48.5 Å². The van der Waals surface area contributed by atoms with E-state index >= 15 is 0 Å². The van der Waals surface area contributed by atoms with Crippen molar-refractivity contribution in [2.75, 3.05) is 10.6 Å². The molecule has 2 aromatic carbocycles. The van der Waals surface area contributed by atoms with Crippen LogP contribution in [0.25, 0.3) is 5.78 Å². The predicted octanol–water partition coefficient (Wildman–Crippen LogP) is 5.43. The maximum atomic E-state index is 12.3. The molecule has 2 aromatic heterocycles. The molecule has 0 fully saturated rings. The van der Waals surface area contributed by atoms with E-state index in [4.69, 9.17) is 0 Å². The first kappa shape index (κ1) is 20.9. The number of carbonyl (C=O) groups excluding carboxylic acids is 1. The monoisotopic (exact) mass is 432 g/mol. The molecule has 2 amide bonds. The summed E-state index contributed by atoms with van der Waals surface area (Å²) >= 11 is 1.59. The summed E-state index contributed by atoms with van der Waals surface area (Å²) in [7, 11) is 0. The number of hydrogen-bond acceptors (Lipinski definition) is 5. The molecular formula is C23H24N6OS. The van der Waals surface area contributed by atoms with Crippen LogP contribution >= 0.6 is 11.8 Å². The van der Waals surface area contributed by atoms with Gasteiger partial charge >= 0.3 is 6.03 Å². The number of fused-ring (bicyclic) bond motifs is 1. The molecule has 0 saturated carbocycles. The predicted molar refractivity (Wildman–Crippen MR) is 124 cm³/mol. The third-order valence-corrected chi connectivity index (χ3v) is 5.74. The smallest absolute Gasteiger partial charge is 0.308 e. The van der Waals surface area contributed by atoms with Gasteiger partial charge in [-0.1, -0.05) is 44.2 Å². The molecule has 8 heteroatoms. The van der Waals surface area contributed by atoms with Gasteiger partial charge in [-0.15, -0.1) is 0 Å². The van der Waals surface area contributed by atoms with E-state index in [1.54, 1.807) is 16.3 Å². The van der Waals surface area contributed by atoms with Crippen molar-refractivity contribution in [2.45, 2.75) is 43.0 Å². The zero-order valence-electron chi connectivity index (χ0n) is 17.5. The Balaban J connectivity index is 1.42. The average molecular weight is 433 g/mol. The third-order valence-electron chi connectivity index (χ3n) is 4.73. The highest BCUT2D eigenvalue weighted by atomic mass is 32.2. The number of aromatic nitrogens is 4. The highest BCUT2D eigenvalue weighted by molar-refractivity contribution is 7.99. The van der Waals surface area contributed by atoms with E-state index in [2.05, 4.69) is 45.6 Å². The molecule has 0 saturated heterocycles. The third kappa shape index (κ3) is 5.21.